The topological polar surface area (TPSA) is 43.7 Å². The number of phenolic OH excluding ortho intramolecular Hbond substituents is 1. The summed E-state index contributed by atoms with van der Waals surface area (Å²) >= 11 is 1.73. The molecule has 0 saturated heterocycles. The molecule has 4 heteroatoms. The molecule has 3 nitrogen and oxygen atoms in total. The van der Waals surface area contributed by atoms with E-state index in [4.69, 9.17) is 0 Å². The molecule has 0 aliphatic rings. The van der Waals surface area contributed by atoms with Crippen molar-refractivity contribution < 1.29 is 10.2 Å². The molecule has 1 unspecified atom stereocenters. The first kappa shape index (κ1) is 13.9. The fourth-order valence-electron chi connectivity index (χ4n) is 2.06. The minimum absolute atomic E-state index is 0.150. The van der Waals surface area contributed by atoms with Gasteiger partial charge in [0.05, 0.1) is 12.6 Å². The Kier molecular flexibility index (Phi) is 4.45. The van der Waals surface area contributed by atoms with Crippen molar-refractivity contribution in [2.45, 2.75) is 26.5 Å². The Bertz CT molecular complexity index is 523. The predicted octanol–water partition coefficient (Wildman–Crippen LogP) is 3.53. The van der Waals surface area contributed by atoms with Gasteiger partial charge in [-0.05, 0) is 31.4 Å². The van der Waals surface area contributed by atoms with Crippen molar-refractivity contribution in [2.24, 2.45) is 0 Å². The zero-order chi connectivity index (χ0) is 13.8. The molecule has 1 aromatic carbocycles. The molecule has 0 spiro atoms. The van der Waals surface area contributed by atoms with Gasteiger partial charge in [0.1, 0.15) is 5.75 Å². The number of hydrogen-bond acceptors (Lipinski definition) is 4. The van der Waals surface area contributed by atoms with Crippen LogP contribution in [0.15, 0.2) is 35.7 Å². The van der Waals surface area contributed by atoms with Gasteiger partial charge in [-0.15, -0.1) is 11.3 Å². The minimum Gasteiger partial charge on any atom is -0.507 e. The summed E-state index contributed by atoms with van der Waals surface area (Å²) in [5.41, 5.74) is 1.54. The predicted molar refractivity (Wildman–Crippen MR) is 79.8 cm³/mol. The molecule has 19 heavy (non-hydrogen) atoms. The minimum atomic E-state index is -0.651. The number of thiophene rings is 1. The number of hydrogen-bond donors (Lipinski definition) is 2. The van der Waals surface area contributed by atoms with Gasteiger partial charge in [-0.2, -0.15) is 0 Å². The van der Waals surface area contributed by atoms with Crippen molar-refractivity contribution in [1.82, 2.24) is 0 Å². The summed E-state index contributed by atoms with van der Waals surface area (Å²) in [6.07, 6.45) is -0.651. The number of aliphatic hydroxyl groups excluding tert-OH is 1. The monoisotopic (exact) mass is 277 g/mol. The summed E-state index contributed by atoms with van der Waals surface area (Å²) in [6.45, 7) is 5.44. The molecule has 1 atom stereocenters. The molecule has 0 radical (unpaired) electrons. The summed E-state index contributed by atoms with van der Waals surface area (Å²) in [5, 5.41) is 21.5. The maximum atomic E-state index is 9.95. The maximum Gasteiger partial charge on any atom is 0.123 e. The zero-order valence-corrected chi connectivity index (χ0v) is 12.0. The second-order valence-corrected chi connectivity index (χ2v) is 5.54. The van der Waals surface area contributed by atoms with E-state index in [0.717, 1.165) is 18.8 Å². The van der Waals surface area contributed by atoms with Crippen molar-refractivity contribution >= 4 is 17.0 Å². The molecule has 0 saturated carbocycles. The molecule has 0 aliphatic carbocycles. The summed E-state index contributed by atoms with van der Waals surface area (Å²) in [7, 11) is 0. The average molecular weight is 277 g/mol. The van der Waals surface area contributed by atoms with Gasteiger partial charge < -0.3 is 15.1 Å². The summed E-state index contributed by atoms with van der Waals surface area (Å²) < 4.78 is 0. The third-order valence-corrected chi connectivity index (χ3v) is 4.00. The smallest absolute Gasteiger partial charge is 0.123 e. The highest BCUT2D eigenvalue weighted by atomic mass is 32.1. The molecule has 1 heterocycles. The van der Waals surface area contributed by atoms with E-state index in [9.17, 15) is 10.2 Å². The Morgan fingerprint density at radius 1 is 1.32 bits per heavy atom. The van der Waals surface area contributed by atoms with Gasteiger partial charge in [-0.1, -0.05) is 12.1 Å². The van der Waals surface area contributed by atoms with E-state index in [0.29, 0.717) is 5.56 Å². The molecule has 0 aliphatic heterocycles. The molecular weight excluding hydrogens is 258 g/mol. The van der Waals surface area contributed by atoms with Crippen LogP contribution in [0.5, 0.6) is 5.75 Å². The van der Waals surface area contributed by atoms with Gasteiger partial charge >= 0.3 is 0 Å². The van der Waals surface area contributed by atoms with E-state index in [1.165, 1.54) is 4.88 Å². The summed E-state index contributed by atoms with van der Waals surface area (Å²) in [5.74, 6) is 0.150. The highest BCUT2D eigenvalue weighted by molar-refractivity contribution is 7.09. The highest BCUT2D eigenvalue weighted by Crippen LogP contribution is 2.29. The standard InChI is InChI=1S/C15H19NO2S/c1-3-16(10-13-5-4-8-19-13)12-6-7-14(11(2)17)15(18)9-12/h4-9,11,17-18H,3,10H2,1-2H3. The first-order valence-corrected chi connectivity index (χ1v) is 7.28. The third kappa shape index (κ3) is 3.28. The lowest BCUT2D eigenvalue weighted by molar-refractivity contribution is 0.195. The van der Waals surface area contributed by atoms with Crippen LogP contribution in [0.25, 0.3) is 0 Å². The van der Waals surface area contributed by atoms with E-state index in [1.807, 2.05) is 12.1 Å². The van der Waals surface area contributed by atoms with E-state index in [1.54, 1.807) is 30.4 Å². The number of aromatic hydroxyl groups is 1. The fraction of sp³-hybridized carbons (Fsp3) is 0.333. The Hall–Kier alpha value is -1.52. The highest BCUT2D eigenvalue weighted by Gasteiger charge is 2.11. The van der Waals surface area contributed by atoms with Crippen LogP contribution in [0.3, 0.4) is 0 Å². The Morgan fingerprint density at radius 3 is 2.63 bits per heavy atom. The van der Waals surface area contributed by atoms with Gasteiger partial charge in [0.15, 0.2) is 0 Å². The molecule has 2 N–H and O–H groups in total. The van der Waals surface area contributed by atoms with E-state index >= 15 is 0 Å². The maximum absolute atomic E-state index is 9.95. The van der Waals surface area contributed by atoms with Gasteiger partial charge in [0.2, 0.25) is 0 Å². The number of rotatable bonds is 5. The van der Waals surface area contributed by atoms with E-state index in [2.05, 4.69) is 23.3 Å². The number of nitrogens with zero attached hydrogens (tertiary/aromatic N) is 1. The molecule has 1 aromatic heterocycles. The van der Waals surface area contributed by atoms with Crippen molar-refractivity contribution in [3.8, 4) is 5.75 Å². The normalized spacial score (nSPS) is 12.4. The van der Waals surface area contributed by atoms with Crippen LogP contribution in [0.2, 0.25) is 0 Å². The quantitative estimate of drug-likeness (QED) is 0.878. The van der Waals surface area contributed by atoms with Gasteiger partial charge in [0.25, 0.3) is 0 Å². The largest absolute Gasteiger partial charge is 0.507 e. The lowest BCUT2D eigenvalue weighted by Crippen LogP contribution is -2.21. The van der Waals surface area contributed by atoms with Gasteiger partial charge in [-0.3, -0.25) is 0 Å². The van der Waals surface area contributed by atoms with Crippen LogP contribution in [-0.4, -0.2) is 16.8 Å². The molecule has 2 aromatic rings. The van der Waals surface area contributed by atoms with Crippen LogP contribution in [0.1, 0.15) is 30.4 Å². The zero-order valence-electron chi connectivity index (χ0n) is 11.2. The number of anilines is 1. The molecule has 102 valence electrons. The Morgan fingerprint density at radius 2 is 2.11 bits per heavy atom. The third-order valence-electron chi connectivity index (χ3n) is 3.14. The lowest BCUT2D eigenvalue weighted by atomic mass is 10.1. The lowest BCUT2D eigenvalue weighted by Gasteiger charge is -2.23. The molecule has 0 amide bonds. The Balaban J connectivity index is 2.21. The van der Waals surface area contributed by atoms with Gasteiger partial charge in [-0.25, -0.2) is 0 Å². The Labute approximate surface area is 117 Å². The summed E-state index contributed by atoms with van der Waals surface area (Å²) in [4.78, 5) is 3.48. The average Bonchev–Trinajstić information content (AvgIpc) is 2.88. The van der Waals surface area contributed by atoms with Gasteiger partial charge in [0, 0.05) is 28.7 Å². The van der Waals surface area contributed by atoms with E-state index in [-0.39, 0.29) is 5.75 Å². The molecule has 2 rings (SSSR count). The molecule has 0 fully saturated rings. The van der Waals surface area contributed by atoms with Crippen LogP contribution in [-0.2, 0) is 6.54 Å². The fourth-order valence-corrected chi connectivity index (χ4v) is 2.78. The SMILES string of the molecule is CCN(Cc1cccs1)c1ccc(C(C)O)c(O)c1. The van der Waals surface area contributed by atoms with Crippen LogP contribution in [0.4, 0.5) is 5.69 Å². The second-order valence-electron chi connectivity index (χ2n) is 4.51. The van der Waals surface area contributed by atoms with Crippen LogP contribution < -0.4 is 4.90 Å². The van der Waals surface area contributed by atoms with Crippen molar-refractivity contribution in [2.75, 3.05) is 11.4 Å². The van der Waals surface area contributed by atoms with Crippen molar-refractivity contribution in [3.05, 3.63) is 46.2 Å². The first-order valence-electron chi connectivity index (χ1n) is 6.40. The van der Waals surface area contributed by atoms with E-state index < -0.39 is 6.10 Å². The first-order chi connectivity index (χ1) is 9.11. The number of benzene rings is 1. The summed E-state index contributed by atoms with van der Waals surface area (Å²) in [6, 6.07) is 9.60. The molecule has 0 bridgehead atoms. The van der Waals surface area contributed by atoms with Crippen LogP contribution >= 0.6 is 11.3 Å². The second kappa shape index (κ2) is 6.08. The number of aliphatic hydroxyl groups is 1. The van der Waals surface area contributed by atoms with Crippen LogP contribution in [0, 0.1) is 0 Å². The molecular formula is C15H19NO2S. The van der Waals surface area contributed by atoms with Crippen molar-refractivity contribution in [3.63, 3.8) is 0 Å². The number of phenols is 1. The van der Waals surface area contributed by atoms with Crippen molar-refractivity contribution in [1.29, 1.82) is 0 Å².